The molecule has 190 valence electrons. The maximum Gasteiger partial charge on any atom is 0.273 e. The summed E-state index contributed by atoms with van der Waals surface area (Å²) in [6.07, 6.45) is 7.42. The molecule has 1 saturated heterocycles. The van der Waals surface area contributed by atoms with Crippen LogP contribution in [0.5, 0.6) is 17.2 Å². The second-order valence-corrected chi connectivity index (χ2v) is 10.1. The average molecular weight is 502 g/mol. The van der Waals surface area contributed by atoms with Gasteiger partial charge in [0.05, 0.1) is 31.9 Å². The predicted octanol–water partition coefficient (Wildman–Crippen LogP) is 4.59. The molecule has 0 N–H and O–H groups in total. The van der Waals surface area contributed by atoms with Crippen molar-refractivity contribution in [3.8, 4) is 17.2 Å². The van der Waals surface area contributed by atoms with Gasteiger partial charge in [-0.3, -0.25) is 9.59 Å². The van der Waals surface area contributed by atoms with E-state index in [0.29, 0.717) is 47.6 Å². The number of rotatable bonds is 7. The zero-order chi connectivity index (χ0) is 24.9. The van der Waals surface area contributed by atoms with E-state index in [0.717, 1.165) is 30.7 Å². The number of thiazole rings is 1. The first kappa shape index (κ1) is 25.3. The van der Waals surface area contributed by atoms with E-state index in [4.69, 9.17) is 19.2 Å². The first-order valence-corrected chi connectivity index (χ1v) is 13.2. The van der Waals surface area contributed by atoms with Gasteiger partial charge >= 0.3 is 0 Å². The summed E-state index contributed by atoms with van der Waals surface area (Å²) in [5.41, 5.74) is 1.00. The second-order valence-electron chi connectivity index (χ2n) is 9.23. The number of piperidine rings is 1. The third kappa shape index (κ3) is 5.24. The highest BCUT2D eigenvalue weighted by Gasteiger charge is 2.31. The molecule has 0 bridgehead atoms. The van der Waals surface area contributed by atoms with Crippen molar-refractivity contribution < 1.29 is 23.8 Å². The van der Waals surface area contributed by atoms with Gasteiger partial charge < -0.3 is 24.0 Å². The fourth-order valence-corrected chi connectivity index (χ4v) is 6.12. The fraction of sp³-hybridized carbons (Fsp3) is 0.577. The zero-order valence-electron chi connectivity index (χ0n) is 21.0. The van der Waals surface area contributed by atoms with Crippen molar-refractivity contribution >= 4 is 23.2 Å². The molecule has 9 heteroatoms. The van der Waals surface area contributed by atoms with Crippen molar-refractivity contribution in [1.29, 1.82) is 0 Å². The van der Waals surface area contributed by atoms with Gasteiger partial charge in [-0.25, -0.2) is 4.98 Å². The molecule has 0 unspecified atom stereocenters. The second kappa shape index (κ2) is 11.3. The lowest BCUT2D eigenvalue weighted by molar-refractivity contribution is 0.0690. The first-order valence-electron chi connectivity index (χ1n) is 12.3. The molecule has 1 aromatic carbocycles. The molecule has 0 radical (unpaired) electrons. The minimum atomic E-state index is -0.0923. The SMILES string of the molecule is COc1ccc(C(=O)N2CCC(c3nc(C(=O)N(C)C4CCCCC4)cs3)CC2)c(OC)c1OC. The van der Waals surface area contributed by atoms with Crippen molar-refractivity contribution in [1.82, 2.24) is 14.8 Å². The average Bonchev–Trinajstić information content (AvgIpc) is 3.41. The minimum Gasteiger partial charge on any atom is -0.493 e. The van der Waals surface area contributed by atoms with Crippen LogP contribution < -0.4 is 14.2 Å². The number of hydrogen-bond donors (Lipinski definition) is 0. The van der Waals surface area contributed by atoms with E-state index in [1.165, 1.54) is 33.5 Å². The van der Waals surface area contributed by atoms with Crippen LogP contribution in [-0.4, -0.2) is 74.1 Å². The van der Waals surface area contributed by atoms with Crippen LogP contribution in [0.1, 0.15) is 76.7 Å². The normalized spacial score (nSPS) is 17.2. The predicted molar refractivity (Wildman–Crippen MR) is 135 cm³/mol. The van der Waals surface area contributed by atoms with Gasteiger partial charge in [-0.2, -0.15) is 0 Å². The summed E-state index contributed by atoms with van der Waals surface area (Å²) in [5.74, 6) is 1.48. The molecule has 1 aliphatic heterocycles. The van der Waals surface area contributed by atoms with E-state index in [1.807, 2.05) is 22.2 Å². The van der Waals surface area contributed by atoms with Crippen molar-refractivity contribution in [2.75, 3.05) is 41.5 Å². The Labute approximate surface area is 211 Å². The van der Waals surface area contributed by atoms with E-state index in [9.17, 15) is 9.59 Å². The number of methoxy groups -OCH3 is 3. The van der Waals surface area contributed by atoms with Crippen molar-refractivity contribution in [2.24, 2.45) is 0 Å². The highest BCUT2D eigenvalue weighted by Crippen LogP contribution is 2.41. The third-order valence-corrected chi connectivity index (χ3v) is 8.26. The molecule has 1 saturated carbocycles. The third-order valence-electron chi connectivity index (χ3n) is 7.25. The summed E-state index contributed by atoms with van der Waals surface area (Å²) in [6.45, 7) is 1.23. The molecule has 2 fully saturated rings. The monoisotopic (exact) mass is 501 g/mol. The Bertz CT molecular complexity index is 1040. The van der Waals surface area contributed by atoms with Gasteiger partial charge in [0.25, 0.3) is 11.8 Å². The van der Waals surface area contributed by atoms with E-state index < -0.39 is 0 Å². The Morgan fingerprint density at radius 1 is 0.971 bits per heavy atom. The number of hydrogen-bond acceptors (Lipinski definition) is 7. The Hall–Kier alpha value is -2.81. The number of carbonyl (C=O) groups is 2. The molecule has 2 heterocycles. The van der Waals surface area contributed by atoms with E-state index in [2.05, 4.69) is 0 Å². The zero-order valence-corrected chi connectivity index (χ0v) is 21.9. The number of benzene rings is 1. The van der Waals surface area contributed by atoms with Gasteiger partial charge in [0.15, 0.2) is 11.5 Å². The van der Waals surface area contributed by atoms with Gasteiger partial charge in [0.2, 0.25) is 5.75 Å². The molecule has 35 heavy (non-hydrogen) atoms. The molecule has 2 amide bonds. The van der Waals surface area contributed by atoms with Crippen molar-refractivity contribution in [3.05, 3.63) is 33.8 Å². The van der Waals surface area contributed by atoms with E-state index >= 15 is 0 Å². The highest BCUT2D eigenvalue weighted by atomic mass is 32.1. The minimum absolute atomic E-state index is 0.0209. The van der Waals surface area contributed by atoms with Crippen molar-refractivity contribution in [3.63, 3.8) is 0 Å². The first-order chi connectivity index (χ1) is 17.0. The number of carbonyl (C=O) groups excluding carboxylic acids is 2. The molecular weight excluding hydrogens is 466 g/mol. The Balaban J connectivity index is 1.39. The van der Waals surface area contributed by atoms with Crippen LogP contribution in [0.25, 0.3) is 0 Å². The Kier molecular flexibility index (Phi) is 8.15. The van der Waals surface area contributed by atoms with Crippen LogP contribution in [0.15, 0.2) is 17.5 Å². The summed E-state index contributed by atoms with van der Waals surface area (Å²) < 4.78 is 16.3. The van der Waals surface area contributed by atoms with Gasteiger partial charge in [0, 0.05) is 37.5 Å². The highest BCUT2D eigenvalue weighted by molar-refractivity contribution is 7.09. The quantitative estimate of drug-likeness (QED) is 0.552. The number of nitrogens with zero attached hydrogens (tertiary/aromatic N) is 3. The molecule has 1 aromatic heterocycles. The largest absolute Gasteiger partial charge is 0.493 e. The summed E-state index contributed by atoms with van der Waals surface area (Å²) in [4.78, 5) is 34.7. The lowest BCUT2D eigenvalue weighted by atomic mass is 9.94. The summed E-state index contributed by atoms with van der Waals surface area (Å²) in [7, 11) is 6.51. The van der Waals surface area contributed by atoms with Crippen LogP contribution >= 0.6 is 11.3 Å². The summed E-state index contributed by atoms with van der Waals surface area (Å²) in [5, 5.41) is 2.88. The molecule has 1 aliphatic carbocycles. The smallest absolute Gasteiger partial charge is 0.273 e. The van der Waals surface area contributed by atoms with Gasteiger partial charge in [-0.1, -0.05) is 19.3 Å². The fourth-order valence-electron chi connectivity index (χ4n) is 5.16. The van der Waals surface area contributed by atoms with Crippen LogP contribution in [0.4, 0.5) is 0 Å². The van der Waals surface area contributed by atoms with E-state index in [1.54, 1.807) is 30.6 Å². The topological polar surface area (TPSA) is 81.2 Å². The lowest BCUT2D eigenvalue weighted by Crippen LogP contribution is -2.38. The van der Waals surface area contributed by atoms with Crippen LogP contribution in [-0.2, 0) is 0 Å². The van der Waals surface area contributed by atoms with E-state index in [-0.39, 0.29) is 17.7 Å². The van der Waals surface area contributed by atoms with Crippen LogP contribution in [0.2, 0.25) is 0 Å². The number of likely N-dealkylation sites (tertiary alicyclic amines) is 1. The van der Waals surface area contributed by atoms with Gasteiger partial charge in [-0.15, -0.1) is 11.3 Å². The molecule has 4 rings (SSSR count). The van der Waals surface area contributed by atoms with Crippen molar-refractivity contribution in [2.45, 2.75) is 56.9 Å². The molecule has 2 aromatic rings. The molecule has 2 aliphatic rings. The lowest BCUT2D eigenvalue weighted by Gasteiger charge is -2.32. The Morgan fingerprint density at radius 3 is 2.29 bits per heavy atom. The van der Waals surface area contributed by atoms with Crippen LogP contribution in [0, 0.1) is 0 Å². The van der Waals surface area contributed by atoms with Gasteiger partial charge in [-0.05, 0) is 37.8 Å². The molecule has 0 spiro atoms. The molecule has 8 nitrogen and oxygen atoms in total. The number of amides is 2. The maximum absolute atomic E-state index is 13.3. The standard InChI is InChI=1S/C26H35N3O5S/c1-28(18-8-6-5-7-9-18)26(31)20-16-35-24(27-20)17-12-14-29(15-13-17)25(30)19-10-11-21(32-2)23(34-4)22(19)33-3/h10-11,16-18H,5-9,12-15H2,1-4H3. The maximum atomic E-state index is 13.3. The number of ether oxygens (including phenoxy) is 3. The van der Waals surface area contributed by atoms with Crippen LogP contribution in [0.3, 0.4) is 0 Å². The number of aromatic nitrogens is 1. The molecule has 0 atom stereocenters. The summed E-state index contributed by atoms with van der Waals surface area (Å²) in [6, 6.07) is 3.76. The van der Waals surface area contributed by atoms with Gasteiger partial charge in [0.1, 0.15) is 5.69 Å². The molecular formula is C26H35N3O5S. The Morgan fingerprint density at radius 2 is 1.66 bits per heavy atom. The summed E-state index contributed by atoms with van der Waals surface area (Å²) >= 11 is 1.56.